The lowest BCUT2D eigenvalue weighted by atomic mass is 10.3. The number of hydrogen-bond donors (Lipinski definition) is 1. The van der Waals surface area contributed by atoms with Crippen molar-refractivity contribution in [2.75, 3.05) is 12.3 Å². The second-order valence-corrected chi connectivity index (χ2v) is 5.97. The summed E-state index contributed by atoms with van der Waals surface area (Å²) >= 11 is 4.90. The van der Waals surface area contributed by atoms with Crippen molar-refractivity contribution in [3.05, 3.63) is 45.1 Å². The van der Waals surface area contributed by atoms with Crippen LogP contribution in [0.1, 0.15) is 11.3 Å². The zero-order valence-electron chi connectivity index (χ0n) is 10.7. The maximum atomic E-state index is 11.5. The number of hydrogen-bond acceptors (Lipinski definition) is 5. The average molecular weight is 356 g/mol. The summed E-state index contributed by atoms with van der Waals surface area (Å²) in [4.78, 5) is 12.5. The van der Waals surface area contributed by atoms with Crippen LogP contribution >= 0.6 is 27.3 Å². The van der Waals surface area contributed by atoms with Gasteiger partial charge in [0.2, 0.25) is 0 Å². The quantitative estimate of drug-likeness (QED) is 0.635. The van der Waals surface area contributed by atoms with Crippen LogP contribution in [-0.4, -0.2) is 12.6 Å². The van der Waals surface area contributed by atoms with E-state index in [0.29, 0.717) is 18.0 Å². The Morgan fingerprint density at radius 2 is 2.20 bits per heavy atom. The van der Waals surface area contributed by atoms with E-state index in [0.717, 1.165) is 9.35 Å². The van der Waals surface area contributed by atoms with Crippen molar-refractivity contribution >= 4 is 38.9 Å². The highest BCUT2D eigenvalue weighted by Gasteiger charge is 2.05. The third-order valence-corrected chi connectivity index (χ3v) is 4.10. The first-order valence-corrected chi connectivity index (χ1v) is 7.67. The van der Waals surface area contributed by atoms with Crippen molar-refractivity contribution in [3.63, 3.8) is 0 Å². The second kappa shape index (κ2) is 7.31. The molecule has 2 aromatic rings. The Hall–Kier alpha value is -1.53. The molecule has 0 radical (unpaired) electrons. The van der Waals surface area contributed by atoms with Gasteiger partial charge in [-0.1, -0.05) is 6.07 Å². The predicted octanol–water partition coefficient (Wildman–Crippen LogP) is 3.61. The van der Waals surface area contributed by atoms with Gasteiger partial charge in [-0.2, -0.15) is 0 Å². The SMILES string of the molecule is Nc1cccc(OCCC(=O)OCc2cc(Br)cs2)c1. The number of thiophene rings is 1. The van der Waals surface area contributed by atoms with E-state index in [2.05, 4.69) is 15.9 Å². The largest absolute Gasteiger partial charge is 0.493 e. The zero-order valence-corrected chi connectivity index (χ0v) is 13.1. The summed E-state index contributed by atoms with van der Waals surface area (Å²) in [7, 11) is 0. The van der Waals surface area contributed by atoms with Gasteiger partial charge < -0.3 is 15.2 Å². The van der Waals surface area contributed by atoms with Gasteiger partial charge in [0.05, 0.1) is 13.0 Å². The molecule has 1 aromatic heterocycles. The van der Waals surface area contributed by atoms with Crippen molar-refractivity contribution in [2.24, 2.45) is 0 Å². The fourth-order valence-corrected chi connectivity index (χ4v) is 2.87. The van der Waals surface area contributed by atoms with E-state index < -0.39 is 0 Å². The minimum absolute atomic E-state index is 0.210. The molecule has 0 amide bonds. The van der Waals surface area contributed by atoms with Crippen LogP contribution in [-0.2, 0) is 16.1 Å². The Morgan fingerprint density at radius 1 is 1.35 bits per heavy atom. The number of benzene rings is 1. The third kappa shape index (κ3) is 4.86. The molecule has 2 N–H and O–H groups in total. The molecule has 0 aliphatic rings. The van der Waals surface area contributed by atoms with Crippen molar-refractivity contribution < 1.29 is 14.3 Å². The van der Waals surface area contributed by atoms with E-state index >= 15 is 0 Å². The number of carbonyl (C=O) groups is 1. The van der Waals surface area contributed by atoms with E-state index in [9.17, 15) is 4.79 Å². The molecule has 0 aliphatic carbocycles. The van der Waals surface area contributed by atoms with E-state index in [1.165, 1.54) is 0 Å². The Balaban J connectivity index is 1.67. The van der Waals surface area contributed by atoms with E-state index in [1.807, 2.05) is 11.4 Å². The summed E-state index contributed by atoms with van der Waals surface area (Å²) < 4.78 is 11.6. The number of ether oxygens (including phenoxy) is 2. The molecule has 0 fully saturated rings. The minimum atomic E-state index is -0.279. The molecule has 0 saturated carbocycles. The first-order chi connectivity index (χ1) is 9.63. The summed E-state index contributed by atoms with van der Waals surface area (Å²) in [6.45, 7) is 0.573. The Labute approximate surface area is 129 Å². The van der Waals surface area contributed by atoms with Gasteiger partial charge in [0.25, 0.3) is 0 Å². The fourth-order valence-electron chi connectivity index (χ4n) is 1.51. The van der Waals surface area contributed by atoms with E-state index in [-0.39, 0.29) is 19.0 Å². The molecule has 0 spiro atoms. The lowest BCUT2D eigenvalue weighted by Gasteiger charge is -2.06. The summed E-state index contributed by atoms with van der Waals surface area (Å²) in [6, 6.07) is 9.03. The number of nitrogen functional groups attached to an aromatic ring is 1. The predicted molar refractivity (Wildman–Crippen MR) is 82.8 cm³/mol. The molecule has 0 bridgehead atoms. The van der Waals surface area contributed by atoms with Gasteiger partial charge in [-0.3, -0.25) is 4.79 Å². The van der Waals surface area contributed by atoms with Gasteiger partial charge in [0.1, 0.15) is 12.4 Å². The molecule has 106 valence electrons. The normalized spacial score (nSPS) is 10.2. The van der Waals surface area contributed by atoms with Gasteiger partial charge in [-0.15, -0.1) is 11.3 Å². The smallest absolute Gasteiger partial charge is 0.309 e. The van der Waals surface area contributed by atoms with Crippen LogP contribution in [0.3, 0.4) is 0 Å². The standard InChI is InChI=1S/C14H14BrNO3S/c15-10-6-13(20-9-10)8-19-14(17)4-5-18-12-3-1-2-11(16)7-12/h1-3,6-7,9H,4-5,8,16H2. The molecule has 20 heavy (non-hydrogen) atoms. The van der Waals surface area contributed by atoms with E-state index in [1.54, 1.807) is 35.6 Å². The Morgan fingerprint density at radius 3 is 2.90 bits per heavy atom. The highest BCUT2D eigenvalue weighted by Crippen LogP contribution is 2.20. The van der Waals surface area contributed by atoms with Crippen molar-refractivity contribution in [3.8, 4) is 5.75 Å². The number of carbonyl (C=O) groups excluding carboxylic acids is 1. The first kappa shape index (κ1) is 14.9. The minimum Gasteiger partial charge on any atom is -0.493 e. The summed E-state index contributed by atoms with van der Waals surface area (Å²) in [5.41, 5.74) is 6.26. The number of anilines is 1. The molecule has 0 unspecified atom stereocenters. The van der Waals surface area contributed by atoms with Crippen molar-refractivity contribution in [2.45, 2.75) is 13.0 Å². The van der Waals surface area contributed by atoms with Gasteiger partial charge in [-0.25, -0.2) is 0 Å². The van der Waals surface area contributed by atoms with Gasteiger partial charge in [0.15, 0.2) is 0 Å². The molecule has 2 rings (SSSR count). The molecule has 0 atom stereocenters. The molecule has 0 aliphatic heterocycles. The van der Waals surface area contributed by atoms with Crippen LogP contribution in [0.15, 0.2) is 40.2 Å². The summed E-state index contributed by atoms with van der Waals surface area (Å²) in [5, 5.41) is 1.95. The maximum absolute atomic E-state index is 11.5. The Bertz CT molecular complexity index is 585. The molecule has 1 heterocycles. The van der Waals surface area contributed by atoms with Gasteiger partial charge in [-0.05, 0) is 34.1 Å². The second-order valence-electron chi connectivity index (χ2n) is 4.06. The van der Waals surface area contributed by atoms with Gasteiger partial charge >= 0.3 is 5.97 Å². The van der Waals surface area contributed by atoms with Crippen LogP contribution < -0.4 is 10.5 Å². The highest BCUT2D eigenvalue weighted by atomic mass is 79.9. The highest BCUT2D eigenvalue weighted by molar-refractivity contribution is 9.10. The lowest BCUT2D eigenvalue weighted by Crippen LogP contribution is -2.09. The number of rotatable bonds is 6. The Kier molecular flexibility index (Phi) is 5.43. The van der Waals surface area contributed by atoms with E-state index in [4.69, 9.17) is 15.2 Å². The van der Waals surface area contributed by atoms with Gasteiger partial charge in [0, 0.05) is 26.5 Å². The zero-order chi connectivity index (χ0) is 14.4. The monoisotopic (exact) mass is 355 g/mol. The lowest BCUT2D eigenvalue weighted by molar-refractivity contribution is -0.145. The molecule has 0 saturated heterocycles. The topological polar surface area (TPSA) is 61.5 Å². The fraction of sp³-hybridized carbons (Fsp3) is 0.214. The third-order valence-electron chi connectivity index (χ3n) is 2.43. The van der Waals surface area contributed by atoms with Crippen LogP contribution in [0.2, 0.25) is 0 Å². The summed E-state index contributed by atoms with van der Waals surface area (Å²) in [5.74, 6) is 0.374. The van der Waals surface area contributed by atoms with Crippen molar-refractivity contribution in [1.82, 2.24) is 0 Å². The van der Waals surface area contributed by atoms with Crippen molar-refractivity contribution in [1.29, 1.82) is 0 Å². The summed E-state index contributed by atoms with van der Waals surface area (Å²) in [6.07, 6.45) is 0.210. The first-order valence-electron chi connectivity index (χ1n) is 6.00. The van der Waals surface area contributed by atoms with Crippen LogP contribution in [0.4, 0.5) is 5.69 Å². The molecule has 4 nitrogen and oxygen atoms in total. The molecule has 6 heteroatoms. The molecular formula is C14H14BrNO3S. The van der Waals surface area contributed by atoms with Crippen LogP contribution in [0, 0.1) is 0 Å². The van der Waals surface area contributed by atoms with Crippen LogP contribution in [0.5, 0.6) is 5.75 Å². The number of halogens is 1. The molecular weight excluding hydrogens is 342 g/mol. The molecule has 1 aromatic carbocycles. The average Bonchev–Trinajstić information content (AvgIpc) is 2.82. The van der Waals surface area contributed by atoms with Crippen LogP contribution in [0.25, 0.3) is 0 Å². The number of esters is 1. The maximum Gasteiger partial charge on any atom is 0.309 e. The number of nitrogens with two attached hydrogens (primary N) is 1.